The highest BCUT2D eigenvalue weighted by molar-refractivity contribution is 5.95. The molecule has 0 saturated heterocycles. The molecule has 0 unspecified atom stereocenters. The minimum Gasteiger partial charge on any atom is -0.312 e. The molecule has 6 nitrogen and oxygen atoms in total. The third-order valence-corrected chi connectivity index (χ3v) is 3.39. The second-order valence-electron chi connectivity index (χ2n) is 4.82. The van der Waals surface area contributed by atoms with Crippen LogP contribution in [0.5, 0.6) is 0 Å². The fourth-order valence-electron chi connectivity index (χ4n) is 2.20. The fourth-order valence-corrected chi connectivity index (χ4v) is 2.20. The van der Waals surface area contributed by atoms with E-state index >= 15 is 0 Å². The van der Waals surface area contributed by atoms with Crippen LogP contribution in [0.3, 0.4) is 0 Å². The van der Waals surface area contributed by atoms with Gasteiger partial charge in [0.05, 0.1) is 35.3 Å². The Morgan fingerprint density at radius 1 is 1.23 bits per heavy atom. The van der Waals surface area contributed by atoms with Crippen LogP contribution >= 0.6 is 0 Å². The first kappa shape index (κ1) is 15.3. The van der Waals surface area contributed by atoms with Crippen molar-refractivity contribution in [3.63, 3.8) is 0 Å². The number of carbonyl (C=O) groups excluding carboxylic acids is 1. The summed E-state index contributed by atoms with van der Waals surface area (Å²) in [6.07, 6.45) is 1.48. The molecule has 1 aromatic heterocycles. The number of nitrogens with zero attached hydrogens (tertiary/aromatic N) is 5. The summed E-state index contributed by atoms with van der Waals surface area (Å²) in [6, 6.07) is 11.5. The predicted octanol–water partition coefficient (Wildman–Crippen LogP) is 1.98. The van der Waals surface area contributed by atoms with Crippen molar-refractivity contribution in [3.05, 3.63) is 47.3 Å². The summed E-state index contributed by atoms with van der Waals surface area (Å²) >= 11 is 0. The number of hydrogen-bond acceptors (Lipinski definition) is 4. The highest BCUT2D eigenvalue weighted by atomic mass is 16.2. The molecular weight excluding hydrogens is 278 g/mol. The van der Waals surface area contributed by atoms with Crippen LogP contribution in [-0.4, -0.2) is 33.7 Å². The highest BCUT2D eigenvalue weighted by Gasteiger charge is 2.21. The van der Waals surface area contributed by atoms with E-state index in [-0.39, 0.29) is 19.0 Å². The molecule has 0 fully saturated rings. The normalized spacial score (nSPS) is 9.82. The Kier molecular flexibility index (Phi) is 4.55. The van der Waals surface area contributed by atoms with E-state index in [1.807, 2.05) is 43.3 Å². The lowest BCUT2D eigenvalue weighted by atomic mass is 10.2. The first-order valence-electron chi connectivity index (χ1n) is 6.74. The maximum Gasteiger partial charge on any atom is 0.259 e. The van der Waals surface area contributed by atoms with Crippen LogP contribution in [0, 0.1) is 36.5 Å². The summed E-state index contributed by atoms with van der Waals surface area (Å²) in [4.78, 5) is 13.6. The Balaban J connectivity index is 2.40. The van der Waals surface area contributed by atoms with E-state index in [1.54, 1.807) is 11.6 Å². The number of rotatable bonds is 4. The molecule has 22 heavy (non-hydrogen) atoms. The number of nitriles is 2. The average Bonchev–Trinajstić information content (AvgIpc) is 2.88. The zero-order chi connectivity index (χ0) is 16.1. The Labute approximate surface area is 128 Å². The maximum atomic E-state index is 12.4. The molecule has 2 rings (SSSR count). The van der Waals surface area contributed by atoms with Crippen LogP contribution in [0.4, 0.5) is 0 Å². The van der Waals surface area contributed by atoms with Gasteiger partial charge in [0.2, 0.25) is 0 Å². The van der Waals surface area contributed by atoms with Crippen LogP contribution in [0.1, 0.15) is 21.6 Å². The summed E-state index contributed by atoms with van der Waals surface area (Å²) in [5.74, 6) is -0.361. The molecule has 0 aliphatic carbocycles. The minimum absolute atomic E-state index is 0.124. The van der Waals surface area contributed by atoms with E-state index in [1.165, 1.54) is 11.1 Å². The predicted molar refractivity (Wildman–Crippen MR) is 80.2 cm³/mol. The molecule has 0 atom stereocenters. The summed E-state index contributed by atoms with van der Waals surface area (Å²) in [6.45, 7) is 3.52. The standard InChI is InChI=1S/C16H15N5O/c1-12-5-3-4-6-15(12)21-13(2)14(11-19-21)16(22)20(9-7-17)10-8-18/h3-6,11H,9-10H2,1-2H3. The molecule has 0 saturated carbocycles. The SMILES string of the molecule is Cc1ccccc1-n1ncc(C(=O)N(CC#N)CC#N)c1C. The van der Waals surface area contributed by atoms with E-state index in [4.69, 9.17) is 10.5 Å². The lowest BCUT2D eigenvalue weighted by Gasteiger charge is -2.15. The zero-order valence-corrected chi connectivity index (χ0v) is 12.4. The third-order valence-electron chi connectivity index (χ3n) is 3.39. The van der Waals surface area contributed by atoms with Gasteiger partial charge in [-0.05, 0) is 25.5 Å². The van der Waals surface area contributed by atoms with Gasteiger partial charge in [-0.2, -0.15) is 15.6 Å². The Morgan fingerprint density at radius 2 is 1.86 bits per heavy atom. The van der Waals surface area contributed by atoms with Gasteiger partial charge in [0.15, 0.2) is 0 Å². The van der Waals surface area contributed by atoms with E-state index in [0.29, 0.717) is 11.3 Å². The van der Waals surface area contributed by atoms with Crippen molar-refractivity contribution in [1.29, 1.82) is 10.5 Å². The fraction of sp³-hybridized carbons (Fsp3) is 0.250. The van der Waals surface area contributed by atoms with Gasteiger partial charge >= 0.3 is 0 Å². The van der Waals surface area contributed by atoms with Gasteiger partial charge < -0.3 is 4.90 Å². The molecule has 0 radical (unpaired) electrons. The molecular formula is C16H15N5O. The van der Waals surface area contributed by atoms with Crippen molar-refractivity contribution in [2.45, 2.75) is 13.8 Å². The van der Waals surface area contributed by atoms with Crippen LogP contribution in [-0.2, 0) is 0 Å². The van der Waals surface area contributed by atoms with Gasteiger partial charge in [0, 0.05) is 0 Å². The van der Waals surface area contributed by atoms with Gasteiger partial charge in [-0.25, -0.2) is 4.68 Å². The first-order valence-corrected chi connectivity index (χ1v) is 6.74. The smallest absolute Gasteiger partial charge is 0.259 e. The lowest BCUT2D eigenvalue weighted by Crippen LogP contribution is -2.32. The van der Waals surface area contributed by atoms with Crippen molar-refractivity contribution in [2.24, 2.45) is 0 Å². The number of aryl methyl sites for hydroxylation is 1. The van der Waals surface area contributed by atoms with E-state index < -0.39 is 0 Å². The number of aromatic nitrogens is 2. The van der Waals surface area contributed by atoms with Crippen molar-refractivity contribution >= 4 is 5.91 Å². The molecule has 0 spiro atoms. The Morgan fingerprint density at radius 3 is 2.45 bits per heavy atom. The summed E-state index contributed by atoms with van der Waals surface area (Å²) in [5, 5.41) is 21.8. The highest BCUT2D eigenvalue weighted by Crippen LogP contribution is 2.18. The summed E-state index contributed by atoms with van der Waals surface area (Å²) < 4.78 is 1.69. The topological polar surface area (TPSA) is 85.7 Å². The molecule has 0 N–H and O–H groups in total. The molecule has 110 valence electrons. The number of para-hydroxylation sites is 1. The van der Waals surface area contributed by atoms with E-state index in [0.717, 1.165) is 11.3 Å². The Bertz CT molecular complexity index is 763. The van der Waals surface area contributed by atoms with E-state index in [2.05, 4.69) is 5.10 Å². The molecule has 1 amide bonds. The number of benzene rings is 1. The number of carbonyl (C=O) groups is 1. The van der Waals surface area contributed by atoms with Crippen LogP contribution in [0.25, 0.3) is 5.69 Å². The number of hydrogen-bond donors (Lipinski definition) is 0. The Hall–Kier alpha value is -3.12. The molecule has 0 aliphatic heterocycles. The molecule has 0 bridgehead atoms. The van der Waals surface area contributed by atoms with Crippen LogP contribution in [0.15, 0.2) is 30.5 Å². The largest absolute Gasteiger partial charge is 0.312 e. The van der Waals surface area contributed by atoms with Gasteiger partial charge in [0.1, 0.15) is 13.1 Å². The zero-order valence-electron chi connectivity index (χ0n) is 12.4. The average molecular weight is 293 g/mol. The molecule has 1 heterocycles. The third kappa shape index (κ3) is 2.82. The van der Waals surface area contributed by atoms with Crippen molar-refractivity contribution in [1.82, 2.24) is 14.7 Å². The minimum atomic E-state index is -0.361. The van der Waals surface area contributed by atoms with Crippen LogP contribution < -0.4 is 0 Å². The van der Waals surface area contributed by atoms with Gasteiger partial charge in [-0.15, -0.1) is 0 Å². The number of amides is 1. The second kappa shape index (κ2) is 6.55. The van der Waals surface area contributed by atoms with Gasteiger partial charge in [0.25, 0.3) is 5.91 Å². The quantitative estimate of drug-likeness (QED) is 0.807. The summed E-state index contributed by atoms with van der Waals surface area (Å²) in [5.41, 5.74) is 3.01. The second-order valence-corrected chi connectivity index (χ2v) is 4.82. The molecule has 6 heteroatoms. The maximum absolute atomic E-state index is 12.4. The van der Waals surface area contributed by atoms with Crippen molar-refractivity contribution in [2.75, 3.05) is 13.1 Å². The van der Waals surface area contributed by atoms with Crippen molar-refractivity contribution in [3.8, 4) is 17.8 Å². The van der Waals surface area contributed by atoms with Crippen LogP contribution in [0.2, 0.25) is 0 Å². The van der Waals surface area contributed by atoms with E-state index in [9.17, 15) is 4.79 Å². The monoisotopic (exact) mass is 293 g/mol. The molecule has 2 aromatic rings. The molecule has 0 aliphatic rings. The van der Waals surface area contributed by atoms with Gasteiger partial charge in [-0.3, -0.25) is 4.79 Å². The lowest BCUT2D eigenvalue weighted by molar-refractivity contribution is 0.0794. The van der Waals surface area contributed by atoms with Gasteiger partial charge in [-0.1, -0.05) is 18.2 Å². The van der Waals surface area contributed by atoms with Crippen molar-refractivity contribution < 1.29 is 4.79 Å². The molecule has 1 aromatic carbocycles. The summed E-state index contributed by atoms with van der Waals surface area (Å²) in [7, 11) is 0. The first-order chi connectivity index (χ1) is 10.6.